The van der Waals surface area contributed by atoms with E-state index in [9.17, 15) is 0 Å². The first-order valence-corrected chi connectivity index (χ1v) is 1.26. The number of rotatable bonds is 0. The van der Waals surface area contributed by atoms with Crippen molar-refractivity contribution in [2.24, 2.45) is 0 Å². The Morgan fingerprint density at radius 2 is 1.00 bits per heavy atom. The summed E-state index contributed by atoms with van der Waals surface area (Å²) >= 11 is 0. The summed E-state index contributed by atoms with van der Waals surface area (Å²) in [6.45, 7) is 0. The Morgan fingerprint density at radius 3 is 1.00 bits per heavy atom. The van der Waals surface area contributed by atoms with Crippen molar-refractivity contribution in [2.45, 2.75) is 0 Å². The summed E-state index contributed by atoms with van der Waals surface area (Å²) < 4.78 is 0. The van der Waals surface area contributed by atoms with Crippen LogP contribution in [-0.4, -0.2) is 22.5 Å². The average molecular weight is 253 g/mol. The van der Waals surface area contributed by atoms with Gasteiger partial charge in [0.15, 0.2) is 0 Å². The second-order valence-corrected chi connectivity index (χ2v) is 0.532. The van der Waals surface area contributed by atoms with Gasteiger partial charge in [-0.15, -0.1) is 0 Å². The zero-order chi connectivity index (χ0) is 7.15. The van der Waals surface area contributed by atoms with E-state index in [1.54, 1.807) is 0 Å². The predicted molar refractivity (Wildman–Crippen MR) is 16.0 cm³/mol. The molecular weight excluding hydrogens is 251 g/mol. The van der Waals surface area contributed by atoms with Crippen LogP contribution in [0.3, 0.4) is 0 Å². The van der Waals surface area contributed by atoms with Gasteiger partial charge in [0.05, 0.1) is 0 Å². The van der Waals surface area contributed by atoms with E-state index >= 15 is 0 Å². The molecule has 0 amide bonds. The van der Waals surface area contributed by atoms with Crippen LogP contribution in [0.1, 0.15) is 0 Å². The molecule has 0 unspecified atom stereocenters. The monoisotopic (exact) mass is 252 g/mol. The van der Waals surface area contributed by atoms with Crippen LogP contribution in [0, 0.1) is 0 Å². The third kappa shape index (κ3) is 5590. The van der Waals surface area contributed by atoms with Crippen LogP contribution in [0.2, 0.25) is 0 Å². The molecule has 0 aromatic heterocycles. The van der Waals surface area contributed by atoms with E-state index in [2.05, 4.69) is 0 Å². The van der Waals surface area contributed by atoms with E-state index in [0.29, 0.717) is 0 Å². The molecule has 0 fully saturated rings. The Balaban J connectivity index is -0.0000000300. The van der Waals surface area contributed by atoms with Gasteiger partial charge in [-0.3, -0.25) is 0 Å². The van der Waals surface area contributed by atoms with Gasteiger partial charge in [0.1, 0.15) is 0 Å². The predicted octanol–water partition coefficient (Wildman–Crippen LogP) is -5.22. The Morgan fingerprint density at radius 1 is 1.00 bits per heavy atom. The molecule has 58 valence electrons. The van der Waals surface area contributed by atoms with Crippen LogP contribution in [0.15, 0.2) is 0 Å². The molecule has 0 aliphatic rings. The van der Waals surface area contributed by atoms with E-state index in [1.807, 2.05) is 0 Å². The van der Waals surface area contributed by atoms with Crippen LogP contribution < -0.4 is 39.8 Å². The zero-order valence-corrected chi connectivity index (χ0v) is 8.31. The minimum Gasteiger partial charge on any atom is -0.565 e. The maximum Gasteiger partial charge on any atom is 1.00 e. The standard InChI is InChI=1S/2CH2O3.Ag.Na/c2*2-1(3)4;;/h2*(H2,2,3,4);;/q;;2*+1/p-2. The molecular formula is C2H2AgNaO6. The van der Waals surface area contributed by atoms with Crippen LogP contribution in [0.5, 0.6) is 0 Å². The van der Waals surface area contributed by atoms with E-state index in [0.717, 1.165) is 0 Å². The van der Waals surface area contributed by atoms with E-state index in [4.69, 9.17) is 30.0 Å². The van der Waals surface area contributed by atoms with Crippen molar-refractivity contribution in [1.82, 2.24) is 0 Å². The summed E-state index contributed by atoms with van der Waals surface area (Å²) in [5, 5.41) is 30.6. The van der Waals surface area contributed by atoms with Gasteiger partial charge >= 0.3 is 51.9 Å². The molecule has 0 aromatic rings. The largest absolute Gasteiger partial charge is 1.00 e. The topological polar surface area (TPSA) is 121 Å². The summed E-state index contributed by atoms with van der Waals surface area (Å²) in [6.07, 6.45) is -4.17. The molecule has 0 aliphatic heterocycles. The van der Waals surface area contributed by atoms with E-state index < -0.39 is 12.3 Å². The summed E-state index contributed by atoms with van der Waals surface area (Å²) in [6, 6.07) is 0. The fraction of sp³-hybridized carbons (Fsp3) is 0. The quantitative estimate of drug-likeness (QED) is 0.416. The number of carboxylic acid groups (broad SMARTS) is 4. The fourth-order valence-corrected chi connectivity index (χ4v) is 0. The Labute approximate surface area is 93.7 Å². The average Bonchev–Trinajstić information content (AvgIpc) is 1.25. The van der Waals surface area contributed by atoms with E-state index in [1.165, 1.54) is 0 Å². The third-order valence-electron chi connectivity index (χ3n) is 0. The summed E-state index contributed by atoms with van der Waals surface area (Å²) in [7, 11) is 0. The first-order valence-electron chi connectivity index (χ1n) is 1.26. The van der Waals surface area contributed by atoms with Crippen LogP contribution in [0.4, 0.5) is 9.59 Å². The van der Waals surface area contributed by atoms with Crippen molar-refractivity contribution in [3.63, 3.8) is 0 Å². The van der Waals surface area contributed by atoms with Crippen molar-refractivity contribution >= 4 is 12.3 Å². The Hall–Kier alpha value is 0.280. The zero-order valence-electron chi connectivity index (χ0n) is 4.83. The van der Waals surface area contributed by atoms with Crippen molar-refractivity contribution in [3.05, 3.63) is 0 Å². The smallest absolute Gasteiger partial charge is 0.565 e. The summed E-state index contributed by atoms with van der Waals surface area (Å²) in [4.78, 5) is 16.9. The molecule has 8 heteroatoms. The van der Waals surface area contributed by atoms with Crippen LogP contribution in [0.25, 0.3) is 0 Å². The fourth-order valence-electron chi connectivity index (χ4n) is 0. The second-order valence-electron chi connectivity index (χ2n) is 0.532. The third-order valence-corrected chi connectivity index (χ3v) is 0. The van der Waals surface area contributed by atoms with Crippen LogP contribution in [-0.2, 0) is 22.4 Å². The SMILES string of the molecule is O=C([O-])O.O=C([O-])O.[Ag+].[Na+]. The summed E-state index contributed by atoms with van der Waals surface area (Å²) in [5.41, 5.74) is 0. The van der Waals surface area contributed by atoms with Gasteiger partial charge in [-0.05, 0) is 0 Å². The van der Waals surface area contributed by atoms with E-state index in [-0.39, 0.29) is 51.9 Å². The van der Waals surface area contributed by atoms with Crippen molar-refractivity contribution in [3.8, 4) is 0 Å². The number of carbonyl (C=O) groups is 2. The van der Waals surface area contributed by atoms with Crippen LogP contribution >= 0.6 is 0 Å². The molecule has 6 nitrogen and oxygen atoms in total. The minimum atomic E-state index is -2.08. The maximum atomic E-state index is 8.44. The molecule has 0 atom stereocenters. The van der Waals surface area contributed by atoms with Crippen molar-refractivity contribution < 1.29 is 82.0 Å². The molecule has 0 rings (SSSR count). The first kappa shape index (κ1) is 22.4. The molecule has 0 spiro atoms. The second kappa shape index (κ2) is 16.1. The molecule has 0 aromatic carbocycles. The normalized spacial score (nSPS) is 4.80. The van der Waals surface area contributed by atoms with Gasteiger partial charge in [0, 0.05) is 0 Å². The Bertz CT molecular complexity index is 73.7. The molecule has 0 aliphatic carbocycles. The molecule has 10 heavy (non-hydrogen) atoms. The minimum absolute atomic E-state index is 0. The summed E-state index contributed by atoms with van der Waals surface area (Å²) in [5.74, 6) is 0. The van der Waals surface area contributed by atoms with Gasteiger partial charge in [0.25, 0.3) is 0 Å². The molecule has 0 saturated heterocycles. The van der Waals surface area contributed by atoms with Gasteiger partial charge in [0.2, 0.25) is 12.3 Å². The molecule has 2 N–H and O–H groups in total. The maximum absolute atomic E-state index is 8.44. The number of hydrogen-bond donors (Lipinski definition) is 2. The van der Waals surface area contributed by atoms with Gasteiger partial charge in [-0.1, -0.05) is 0 Å². The molecule has 0 bridgehead atoms. The molecule has 0 heterocycles. The number of hydrogen-bond acceptors (Lipinski definition) is 4. The van der Waals surface area contributed by atoms with Gasteiger partial charge in [-0.2, -0.15) is 0 Å². The Kier molecular flexibility index (Phi) is 36.2. The van der Waals surface area contributed by atoms with Gasteiger partial charge < -0.3 is 30.0 Å². The van der Waals surface area contributed by atoms with Crippen molar-refractivity contribution in [1.29, 1.82) is 0 Å². The first-order chi connectivity index (χ1) is 3.46. The van der Waals surface area contributed by atoms with Crippen molar-refractivity contribution in [2.75, 3.05) is 0 Å². The molecule has 0 saturated carbocycles. The van der Waals surface area contributed by atoms with Gasteiger partial charge in [-0.25, -0.2) is 0 Å². The molecule has 0 radical (unpaired) electrons.